The first-order valence-corrected chi connectivity index (χ1v) is 5.25. The molecule has 1 aromatic heterocycles. The van der Waals surface area contributed by atoms with Crippen LogP contribution in [0.2, 0.25) is 0 Å². The fourth-order valence-electron chi connectivity index (χ4n) is 2.40. The molecule has 2 N–H and O–H groups in total. The second kappa shape index (κ2) is 2.70. The van der Waals surface area contributed by atoms with Crippen LogP contribution in [0, 0.1) is 5.41 Å². The zero-order chi connectivity index (χ0) is 9.60. The van der Waals surface area contributed by atoms with Crippen molar-refractivity contribution in [1.82, 2.24) is 9.55 Å². The van der Waals surface area contributed by atoms with E-state index in [4.69, 9.17) is 5.73 Å². The molecule has 1 atom stereocenters. The molecule has 0 aliphatic heterocycles. The van der Waals surface area contributed by atoms with E-state index in [0.717, 1.165) is 6.42 Å². The van der Waals surface area contributed by atoms with Gasteiger partial charge in [0, 0.05) is 24.1 Å². The summed E-state index contributed by atoms with van der Waals surface area (Å²) in [6.45, 7) is 0. The van der Waals surface area contributed by atoms with Gasteiger partial charge in [-0.1, -0.05) is 0 Å². The molecule has 0 aromatic carbocycles. The fourth-order valence-corrected chi connectivity index (χ4v) is 2.40. The van der Waals surface area contributed by atoms with E-state index < -0.39 is 0 Å². The maximum absolute atomic E-state index is 6.16. The lowest BCUT2D eigenvalue weighted by Crippen LogP contribution is -2.33. The van der Waals surface area contributed by atoms with Gasteiger partial charge >= 0.3 is 0 Å². The SMILES string of the molecule is NC1C=C(n2ccnc2)CCC12CC2. The minimum atomic E-state index is 0.258. The minimum absolute atomic E-state index is 0.258. The number of imidazole rings is 1. The molecular weight excluding hydrogens is 174 g/mol. The third-order valence-corrected chi connectivity index (χ3v) is 3.69. The van der Waals surface area contributed by atoms with Gasteiger partial charge in [-0.3, -0.25) is 0 Å². The number of allylic oxidation sites excluding steroid dienone is 1. The molecule has 1 spiro atoms. The summed E-state index contributed by atoms with van der Waals surface area (Å²) in [6, 6.07) is 0.258. The zero-order valence-electron chi connectivity index (χ0n) is 8.19. The summed E-state index contributed by atoms with van der Waals surface area (Å²) in [4.78, 5) is 4.06. The van der Waals surface area contributed by atoms with E-state index in [1.54, 1.807) is 0 Å². The van der Waals surface area contributed by atoms with Gasteiger partial charge in [0.2, 0.25) is 0 Å². The molecular formula is C11H15N3. The van der Waals surface area contributed by atoms with Crippen LogP contribution in [-0.4, -0.2) is 15.6 Å². The highest BCUT2D eigenvalue weighted by molar-refractivity contribution is 5.49. The molecule has 1 aromatic rings. The van der Waals surface area contributed by atoms with Gasteiger partial charge in [-0.05, 0) is 37.2 Å². The molecule has 0 saturated heterocycles. The minimum Gasteiger partial charge on any atom is -0.324 e. The molecule has 3 rings (SSSR count). The molecule has 2 aliphatic rings. The lowest BCUT2D eigenvalue weighted by atomic mass is 9.85. The van der Waals surface area contributed by atoms with Crippen molar-refractivity contribution in [2.75, 3.05) is 0 Å². The molecule has 0 bridgehead atoms. The van der Waals surface area contributed by atoms with Crippen molar-refractivity contribution >= 4 is 5.70 Å². The molecule has 3 nitrogen and oxygen atoms in total. The van der Waals surface area contributed by atoms with Gasteiger partial charge in [0.25, 0.3) is 0 Å². The van der Waals surface area contributed by atoms with Crippen LogP contribution < -0.4 is 5.73 Å². The van der Waals surface area contributed by atoms with Crippen LogP contribution in [0.25, 0.3) is 5.70 Å². The van der Waals surface area contributed by atoms with E-state index in [1.807, 2.05) is 18.7 Å². The van der Waals surface area contributed by atoms with Gasteiger partial charge in [-0.2, -0.15) is 0 Å². The van der Waals surface area contributed by atoms with E-state index in [0.29, 0.717) is 5.41 Å². The van der Waals surface area contributed by atoms with Crippen LogP contribution >= 0.6 is 0 Å². The summed E-state index contributed by atoms with van der Waals surface area (Å²) >= 11 is 0. The molecule has 1 saturated carbocycles. The Morgan fingerprint density at radius 3 is 2.86 bits per heavy atom. The summed E-state index contributed by atoms with van der Waals surface area (Å²) in [5.74, 6) is 0. The standard InChI is InChI=1S/C11H15N3/c12-10-7-9(14-6-5-13-8-14)1-2-11(10)3-4-11/h5-8,10H,1-4,12H2. The molecule has 74 valence electrons. The third-order valence-electron chi connectivity index (χ3n) is 3.69. The first-order valence-electron chi connectivity index (χ1n) is 5.25. The van der Waals surface area contributed by atoms with Crippen molar-refractivity contribution in [1.29, 1.82) is 0 Å². The lowest BCUT2D eigenvalue weighted by molar-refractivity contribution is 0.405. The highest BCUT2D eigenvalue weighted by Crippen LogP contribution is 2.55. The molecule has 0 amide bonds. The van der Waals surface area contributed by atoms with E-state index in [9.17, 15) is 0 Å². The zero-order valence-corrected chi connectivity index (χ0v) is 8.19. The van der Waals surface area contributed by atoms with Crippen molar-refractivity contribution in [3.63, 3.8) is 0 Å². The molecule has 1 heterocycles. The van der Waals surface area contributed by atoms with Gasteiger partial charge in [0.05, 0.1) is 6.33 Å². The lowest BCUT2D eigenvalue weighted by Gasteiger charge is -2.27. The summed E-state index contributed by atoms with van der Waals surface area (Å²) in [5.41, 5.74) is 7.95. The van der Waals surface area contributed by atoms with Crippen LogP contribution in [0.4, 0.5) is 0 Å². The Labute approximate surface area is 83.6 Å². The number of nitrogens with zero attached hydrogens (tertiary/aromatic N) is 2. The molecule has 2 aliphatic carbocycles. The second-order valence-corrected chi connectivity index (χ2v) is 4.52. The Bertz CT molecular complexity index is 360. The van der Waals surface area contributed by atoms with E-state index >= 15 is 0 Å². The highest BCUT2D eigenvalue weighted by atomic mass is 15.0. The van der Waals surface area contributed by atoms with E-state index in [-0.39, 0.29) is 6.04 Å². The van der Waals surface area contributed by atoms with Crippen molar-refractivity contribution in [2.45, 2.75) is 31.7 Å². The number of nitrogens with two attached hydrogens (primary N) is 1. The first-order chi connectivity index (χ1) is 6.80. The quantitative estimate of drug-likeness (QED) is 0.729. The number of hydrogen-bond acceptors (Lipinski definition) is 2. The van der Waals surface area contributed by atoms with Crippen molar-refractivity contribution in [3.05, 3.63) is 24.8 Å². The average Bonchev–Trinajstić information content (AvgIpc) is 2.77. The monoisotopic (exact) mass is 189 g/mol. The van der Waals surface area contributed by atoms with Crippen LogP contribution in [0.1, 0.15) is 25.7 Å². The molecule has 1 unspecified atom stereocenters. The van der Waals surface area contributed by atoms with Crippen LogP contribution in [-0.2, 0) is 0 Å². The summed E-state index contributed by atoms with van der Waals surface area (Å²) in [7, 11) is 0. The smallest absolute Gasteiger partial charge is 0.0989 e. The predicted octanol–water partition coefficient (Wildman–Crippen LogP) is 1.63. The normalized spacial score (nSPS) is 28.9. The first kappa shape index (κ1) is 8.24. The van der Waals surface area contributed by atoms with Crippen molar-refractivity contribution in [3.8, 4) is 0 Å². The van der Waals surface area contributed by atoms with Crippen LogP contribution in [0.3, 0.4) is 0 Å². The van der Waals surface area contributed by atoms with Crippen LogP contribution in [0.5, 0.6) is 0 Å². The van der Waals surface area contributed by atoms with E-state index in [1.165, 1.54) is 25.0 Å². The number of hydrogen-bond donors (Lipinski definition) is 1. The predicted molar refractivity (Wildman–Crippen MR) is 55.4 cm³/mol. The van der Waals surface area contributed by atoms with Crippen LogP contribution in [0.15, 0.2) is 24.8 Å². The van der Waals surface area contributed by atoms with Gasteiger partial charge in [-0.25, -0.2) is 4.98 Å². The highest BCUT2D eigenvalue weighted by Gasteiger charge is 2.48. The maximum Gasteiger partial charge on any atom is 0.0989 e. The van der Waals surface area contributed by atoms with Gasteiger partial charge in [-0.15, -0.1) is 0 Å². The van der Waals surface area contributed by atoms with Crippen molar-refractivity contribution in [2.24, 2.45) is 11.1 Å². The van der Waals surface area contributed by atoms with E-state index in [2.05, 4.69) is 15.6 Å². The van der Waals surface area contributed by atoms with Crippen molar-refractivity contribution < 1.29 is 0 Å². The average molecular weight is 189 g/mol. The summed E-state index contributed by atoms with van der Waals surface area (Å²) < 4.78 is 2.08. The maximum atomic E-state index is 6.16. The second-order valence-electron chi connectivity index (χ2n) is 4.52. The van der Waals surface area contributed by atoms with Gasteiger partial charge in [0.1, 0.15) is 0 Å². The Balaban J connectivity index is 1.89. The summed E-state index contributed by atoms with van der Waals surface area (Å²) in [6.07, 6.45) is 12.9. The third kappa shape index (κ3) is 1.12. The van der Waals surface area contributed by atoms with Gasteiger partial charge in [0.15, 0.2) is 0 Å². The number of aromatic nitrogens is 2. The topological polar surface area (TPSA) is 43.8 Å². The Kier molecular flexibility index (Phi) is 1.59. The molecule has 1 fully saturated rings. The summed E-state index contributed by atoms with van der Waals surface area (Å²) in [5, 5.41) is 0. The fraction of sp³-hybridized carbons (Fsp3) is 0.545. The molecule has 0 radical (unpaired) electrons. The molecule has 14 heavy (non-hydrogen) atoms. The Morgan fingerprint density at radius 1 is 1.43 bits per heavy atom. The Morgan fingerprint density at radius 2 is 2.29 bits per heavy atom. The molecule has 3 heteroatoms. The Hall–Kier alpha value is -1.09. The largest absolute Gasteiger partial charge is 0.324 e. The van der Waals surface area contributed by atoms with Gasteiger partial charge < -0.3 is 10.3 Å². The number of rotatable bonds is 1.